The third-order valence-electron chi connectivity index (χ3n) is 10.4. The molecule has 0 saturated carbocycles. The van der Waals surface area contributed by atoms with E-state index >= 15 is 0 Å². The van der Waals surface area contributed by atoms with Gasteiger partial charge in [0.1, 0.15) is 0 Å². The topological polar surface area (TPSA) is 62.5 Å². The number of fused-ring (bicyclic) bond motifs is 3. The molecule has 0 N–H and O–H groups in total. The van der Waals surface area contributed by atoms with Crippen LogP contribution in [0.5, 0.6) is 0 Å². The number of hydrogen-bond donors (Lipinski definition) is 0. The van der Waals surface area contributed by atoms with Crippen LogP contribution >= 0.6 is 0 Å². The van der Waals surface area contributed by atoms with Gasteiger partial charge in [0.25, 0.3) is 0 Å². The van der Waals surface area contributed by atoms with E-state index in [1.54, 1.807) is 0 Å². The van der Waals surface area contributed by atoms with Crippen LogP contribution in [0.25, 0.3) is 78.7 Å². The second kappa shape index (κ2) is 13.0. The Morgan fingerprint density at radius 1 is 0.377 bits per heavy atom. The van der Waals surface area contributed by atoms with Crippen LogP contribution in [-0.2, 0) is 5.41 Å². The second-order valence-corrected chi connectivity index (χ2v) is 13.9. The molecule has 8 aromatic rings. The average molecular weight is 679 g/mol. The van der Waals surface area contributed by atoms with Crippen molar-refractivity contribution >= 4 is 0 Å². The number of nitriles is 1. The van der Waals surface area contributed by atoms with Gasteiger partial charge in [-0.25, -0.2) is 15.0 Å². The first kappa shape index (κ1) is 32.0. The highest BCUT2D eigenvalue weighted by Crippen LogP contribution is 2.55. The minimum atomic E-state index is -0.155. The number of rotatable bonds is 6. The molecule has 0 spiro atoms. The van der Waals surface area contributed by atoms with Crippen LogP contribution in [0.3, 0.4) is 0 Å². The highest BCUT2D eigenvalue weighted by atomic mass is 15.0. The van der Waals surface area contributed by atoms with E-state index in [4.69, 9.17) is 15.0 Å². The lowest BCUT2D eigenvalue weighted by Crippen LogP contribution is -2.14. The Kier molecular flexibility index (Phi) is 7.83. The molecule has 1 heterocycles. The van der Waals surface area contributed by atoms with Crippen molar-refractivity contribution < 1.29 is 0 Å². The zero-order valence-corrected chi connectivity index (χ0v) is 29.5. The van der Waals surface area contributed by atoms with Crippen LogP contribution in [-0.4, -0.2) is 15.0 Å². The van der Waals surface area contributed by atoms with Crippen molar-refractivity contribution in [2.45, 2.75) is 19.3 Å². The normalized spacial score (nSPS) is 12.5. The molecule has 4 nitrogen and oxygen atoms in total. The number of hydrogen-bond acceptors (Lipinski definition) is 4. The molecule has 1 aliphatic rings. The molecule has 0 fully saturated rings. The number of aromatic nitrogens is 3. The molecule has 1 aromatic heterocycles. The van der Waals surface area contributed by atoms with Gasteiger partial charge in [0.2, 0.25) is 0 Å². The first-order chi connectivity index (χ1) is 26.0. The van der Waals surface area contributed by atoms with Gasteiger partial charge in [0, 0.05) is 22.1 Å². The molecule has 0 unspecified atom stereocenters. The van der Waals surface area contributed by atoms with E-state index < -0.39 is 0 Å². The quantitative estimate of drug-likeness (QED) is 0.176. The number of benzene rings is 7. The summed E-state index contributed by atoms with van der Waals surface area (Å²) < 4.78 is 0. The van der Waals surface area contributed by atoms with E-state index in [1.165, 1.54) is 27.8 Å². The Morgan fingerprint density at radius 2 is 0.830 bits per heavy atom. The van der Waals surface area contributed by atoms with E-state index in [2.05, 4.69) is 117 Å². The first-order valence-electron chi connectivity index (χ1n) is 17.8. The fraction of sp³-hybridized carbons (Fsp3) is 0.0612. The SMILES string of the molecule is CC1(C)c2ccccc2-c2c1ccc(-c1ccc(-c3nc(-c4ccccc4)nc(-c4ccccc4)n3)cc1)c2-c1ccccc1-c1ccc(C#N)cc1. The lowest BCUT2D eigenvalue weighted by atomic mass is 9.79. The lowest BCUT2D eigenvalue weighted by Gasteiger charge is -2.23. The van der Waals surface area contributed by atoms with Gasteiger partial charge in [-0.05, 0) is 67.8 Å². The molecule has 0 aliphatic heterocycles. The van der Waals surface area contributed by atoms with E-state index in [9.17, 15) is 5.26 Å². The summed E-state index contributed by atoms with van der Waals surface area (Å²) in [6.45, 7) is 4.65. The number of nitrogens with zero attached hydrogens (tertiary/aromatic N) is 4. The Labute approximate surface area is 309 Å². The van der Waals surface area contributed by atoms with Crippen LogP contribution < -0.4 is 0 Å². The molecule has 0 atom stereocenters. The maximum Gasteiger partial charge on any atom is 0.164 e. The smallest absolute Gasteiger partial charge is 0.164 e. The molecule has 0 amide bonds. The average Bonchev–Trinajstić information content (AvgIpc) is 3.47. The Bertz CT molecular complexity index is 2610. The highest BCUT2D eigenvalue weighted by molar-refractivity contribution is 6.03. The molecule has 0 saturated heterocycles. The van der Waals surface area contributed by atoms with Crippen molar-refractivity contribution in [2.24, 2.45) is 0 Å². The lowest BCUT2D eigenvalue weighted by molar-refractivity contribution is 0.660. The molecular formula is C49H34N4. The van der Waals surface area contributed by atoms with Gasteiger partial charge in [0.15, 0.2) is 17.5 Å². The summed E-state index contributed by atoms with van der Waals surface area (Å²) in [5.41, 5.74) is 15.3. The minimum absolute atomic E-state index is 0.155. The predicted molar refractivity (Wildman–Crippen MR) is 215 cm³/mol. The van der Waals surface area contributed by atoms with Crippen LogP contribution in [0.2, 0.25) is 0 Å². The third kappa shape index (κ3) is 5.60. The van der Waals surface area contributed by atoms with E-state index in [-0.39, 0.29) is 5.41 Å². The highest BCUT2D eigenvalue weighted by Gasteiger charge is 2.38. The molecule has 0 radical (unpaired) electrons. The van der Waals surface area contributed by atoms with Gasteiger partial charge >= 0.3 is 0 Å². The van der Waals surface area contributed by atoms with Gasteiger partial charge in [-0.3, -0.25) is 0 Å². The van der Waals surface area contributed by atoms with Crippen molar-refractivity contribution in [1.82, 2.24) is 15.0 Å². The molecule has 1 aliphatic carbocycles. The summed E-state index contributed by atoms with van der Waals surface area (Å²) in [5.74, 6) is 1.90. The Balaban J connectivity index is 1.23. The van der Waals surface area contributed by atoms with E-state index in [1.807, 2.05) is 72.8 Å². The van der Waals surface area contributed by atoms with Crippen molar-refractivity contribution in [3.8, 4) is 84.7 Å². The van der Waals surface area contributed by atoms with E-state index in [0.29, 0.717) is 23.0 Å². The molecule has 0 bridgehead atoms. The van der Waals surface area contributed by atoms with Gasteiger partial charge in [-0.15, -0.1) is 0 Å². The second-order valence-electron chi connectivity index (χ2n) is 13.9. The van der Waals surface area contributed by atoms with Gasteiger partial charge < -0.3 is 0 Å². The van der Waals surface area contributed by atoms with E-state index in [0.717, 1.165) is 44.5 Å². The van der Waals surface area contributed by atoms with Crippen LogP contribution in [0.15, 0.2) is 170 Å². The van der Waals surface area contributed by atoms with Gasteiger partial charge in [0.05, 0.1) is 11.6 Å². The molecule has 250 valence electrons. The van der Waals surface area contributed by atoms with Crippen LogP contribution in [0.4, 0.5) is 0 Å². The molecular weight excluding hydrogens is 645 g/mol. The molecule has 4 heteroatoms. The summed E-state index contributed by atoms with van der Waals surface area (Å²) in [4.78, 5) is 14.8. The van der Waals surface area contributed by atoms with Gasteiger partial charge in [-0.1, -0.05) is 172 Å². The van der Waals surface area contributed by atoms with Crippen molar-refractivity contribution in [3.63, 3.8) is 0 Å². The largest absolute Gasteiger partial charge is 0.208 e. The fourth-order valence-electron chi connectivity index (χ4n) is 7.73. The van der Waals surface area contributed by atoms with Crippen molar-refractivity contribution in [3.05, 3.63) is 187 Å². The zero-order chi connectivity index (χ0) is 35.9. The Hall–Kier alpha value is -6.96. The zero-order valence-electron chi connectivity index (χ0n) is 29.5. The van der Waals surface area contributed by atoms with Crippen LogP contribution in [0, 0.1) is 11.3 Å². The molecule has 7 aromatic carbocycles. The first-order valence-corrected chi connectivity index (χ1v) is 17.8. The van der Waals surface area contributed by atoms with Gasteiger partial charge in [-0.2, -0.15) is 5.26 Å². The monoisotopic (exact) mass is 678 g/mol. The molecule has 9 rings (SSSR count). The summed E-state index contributed by atoms with van der Waals surface area (Å²) in [6.07, 6.45) is 0. The summed E-state index contributed by atoms with van der Waals surface area (Å²) in [6, 6.07) is 60.9. The minimum Gasteiger partial charge on any atom is -0.208 e. The summed E-state index contributed by atoms with van der Waals surface area (Å²) >= 11 is 0. The predicted octanol–water partition coefficient (Wildman–Crippen LogP) is 12.1. The Morgan fingerprint density at radius 3 is 1.42 bits per heavy atom. The van der Waals surface area contributed by atoms with Crippen molar-refractivity contribution in [1.29, 1.82) is 5.26 Å². The van der Waals surface area contributed by atoms with Crippen LogP contribution in [0.1, 0.15) is 30.5 Å². The fourth-order valence-corrected chi connectivity index (χ4v) is 7.73. The maximum atomic E-state index is 9.50. The summed E-state index contributed by atoms with van der Waals surface area (Å²) in [7, 11) is 0. The molecule has 53 heavy (non-hydrogen) atoms. The maximum absolute atomic E-state index is 9.50. The standard InChI is InChI=1S/C49H34N4/c1-49(2)42-20-12-11-19-41(42)45-43(49)30-29-39(44(45)40-18-10-9-17-38(40)33-23-21-32(31-50)22-24-33)34-25-27-37(28-26-34)48-52-46(35-13-5-3-6-14-35)51-47(53-48)36-15-7-4-8-16-36/h3-30H,1-2H3. The van der Waals surface area contributed by atoms with Crippen molar-refractivity contribution in [2.75, 3.05) is 0 Å². The third-order valence-corrected chi connectivity index (χ3v) is 10.4. The summed E-state index contributed by atoms with van der Waals surface area (Å²) in [5, 5.41) is 9.50.